The first kappa shape index (κ1) is 21.7. The van der Waals surface area contributed by atoms with Crippen LogP contribution in [-0.4, -0.2) is 24.7 Å². The molecule has 5 rings (SSSR count). The molecule has 32 heavy (non-hydrogen) atoms. The Morgan fingerprint density at radius 1 is 1.06 bits per heavy atom. The number of ether oxygens (including phenoxy) is 2. The fourth-order valence-corrected chi connectivity index (χ4v) is 7.75. The van der Waals surface area contributed by atoms with Gasteiger partial charge in [-0.05, 0) is 85.7 Å². The third kappa shape index (κ3) is 3.58. The van der Waals surface area contributed by atoms with Crippen LogP contribution in [0.4, 0.5) is 0 Å². The van der Waals surface area contributed by atoms with E-state index in [1.165, 1.54) is 12.0 Å². The molecule has 0 saturated heterocycles. The zero-order valence-corrected chi connectivity index (χ0v) is 19.3. The highest BCUT2D eigenvalue weighted by atomic mass is 16.6. The Balaban J connectivity index is 1.23. The fourth-order valence-electron chi connectivity index (χ4n) is 7.75. The molecule has 0 heterocycles. The average Bonchev–Trinajstić information content (AvgIpc) is 3.15. The Bertz CT molecular complexity index is 898. The van der Waals surface area contributed by atoms with Crippen molar-refractivity contribution >= 4 is 5.97 Å². The van der Waals surface area contributed by atoms with Crippen molar-refractivity contribution in [2.45, 2.75) is 77.4 Å². The minimum Gasteiger partial charge on any atom is -0.482 e. The van der Waals surface area contributed by atoms with E-state index < -0.39 is 0 Å². The number of benzene rings is 1. The summed E-state index contributed by atoms with van der Waals surface area (Å²) in [6, 6.07) is 9.38. The van der Waals surface area contributed by atoms with E-state index in [0.717, 1.165) is 44.9 Å². The maximum absolute atomic E-state index is 12.4. The summed E-state index contributed by atoms with van der Waals surface area (Å²) in [4.78, 5) is 23.8. The van der Waals surface area contributed by atoms with Crippen molar-refractivity contribution in [3.63, 3.8) is 0 Å². The van der Waals surface area contributed by atoms with E-state index in [9.17, 15) is 9.70 Å². The number of allylic oxidation sites excluding steroid dienone is 1. The molecule has 4 aliphatic rings. The van der Waals surface area contributed by atoms with Gasteiger partial charge in [-0.15, -0.1) is 0 Å². The summed E-state index contributed by atoms with van der Waals surface area (Å²) in [6.07, 6.45) is 10.7. The van der Waals surface area contributed by atoms with Gasteiger partial charge < -0.3 is 9.47 Å². The number of carbonyl (C=O) groups is 1. The molecule has 7 atom stereocenters. The maximum atomic E-state index is 12.4. The second kappa shape index (κ2) is 8.31. The lowest BCUT2D eigenvalue weighted by molar-refractivity contribution is -0.153. The van der Waals surface area contributed by atoms with Gasteiger partial charge in [-0.2, -0.15) is 4.91 Å². The molecule has 2 unspecified atom stereocenters. The summed E-state index contributed by atoms with van der Waals surface area (Å²) >= 11 is 0. The number of rotatable bonds is 5. The standard InChI is InChI=1S/C27H35NO4/c1-26-14-12-20(32-25(29)17-31-19-6-4-3-5-7-19)16-18(26)8-9-21-22-10-11-24(28-30)27(22,2)15-13-23(21)26/h3-8,20-24H,9-17H2,1-2H3/t20?,21-,22-,23+,24?,26-,27-/m0/s1. The number of fused-ring (bicyclic) bond motifs is 5. The molecule has 1 aromatic carbocycles. The minimum absolute atomic E-state index is 0.000105. The molecule has 172 valence electrons. The van der Waals surface area contributed by atoms with Crippen LogP contribution in [0.1, 0.15) is 65.2 Å². The first-order chi connectivity index (χ1) is 15.4. The first-order valence-corrected chi connectivity index (χ1v) is 12.3. The summed E-state index contributed by atoms with van der Waals surface area (Å²) in [5.41, 5.74) is 1.77. The van der Waals surface area contributed by atoms with Gasteiger partial charge in [0, 0.05) is 6.42 Å². The second-order valence-corrected chi connectivity index (χ2v) is 11.0. The van der Waals surface area contributed by atoms with E-state index in [1.807, 2.05) is 30.3 Å². The van der Waals surface area contributed by atoms with Gasteiger partial charge in [-0.25, -0.2) is 4.79 Å². The summed E-state index contributed by atoms with van der Waals surface area (Å²) in [5, 5.41) is 3.53. The van der Waals surface area contributed by atoms with E-state index in [2.05, 4.69) is 25.1 Å². The normalized spacial score (nSPS) is 40.3. The van der Waals surface area contributed by atoms with Crippen molar-refractivity contribution in [1.29, 1.82) is 0 Å². The van der Waals surface area contributed by atoms with Crippen LogP contribution in [0, 0.1) is 33.5 Å². The van der Waals surface area contributed by atoms with Crippen molar-refractivity contribution in [1.82, 2.24) is 0 Å². The lowest BCUT2D eigenvalue weighted by Crippen LogP contribution is -2.51. The number of carbonyl (C=O) groups excluding carboxylic acids is 1. The van der Waals surface area contributed by atoms with Crippen molar-refractivity contribution in [3.8, 4) is 5.75 Å². The van der Waals surface area contributed by atoms with Gasteiger partial charge in [-0.3, -0.25) is 0 Å². The zero-order chi connectivity index (χ0) is 22.3. The lowest BCUT2D eigenvalue weighted by atomic mass is 9.48. The van der Waals surface area contributed by atoms with Crippen molar-refractivity contribution in [2.24, 2.45) is 33.8 Å². The zero-order valence-electron chi connectivity index (χ0n) is 19.3. The number of nitrogens with zero attached hydrogens (tertiary/aromatic N) is 1. The van der Waals surface area contributed by atoms with Crippen LogP contribution < -0.4 is 4.74 Å². The Hall–Kier alpha value is -2.17. The monoisotopic (exact) mass is 437 g/mol. The number of hydrogen-bond donors (Lipinski definition) is 0. The maximum Gasteiger partial charge on any atom is 0.344 e. The number of esters is 1. The molecule has 3 saturated carbocycles. The van der Waals surface area contributed by atoms with Crippen LogP contribution in [0.15, 0.2) is 47.2 Å². The highest BCUT2D eigenvalue weighted by Crippen LogP contribution is 2.65. The van der Waals surface area contributed by atoms with E-state index >= 15 is 0 Å². The van der Waals surface area contributed by atoms with Gasteiger partial charge in [0.15, 0.2) is 6.61 Å². The molecule has 0 bridgehead atoms. The highest BCUT2D eigenvalue weighted by molar-refractivity contribution is 5.71. The first-order valence-electron chi connectivity index (χ1n) is 12.3. The van der Waals surface area contributed by atoms with Crippen LogP contribution in [0.5, 0.6) is 5.75 Å². The van der Waals surface area contributed by atoms with Gasteiger partial charge in [0.05, 0.1) is 6.04 Å². The molecule has 0 N–H and O–H groups in total. The summed E-state index contributed by atoms with van der Waals surface area (Å²) in [6.45, 7) is 4.72. The van der Waals surface area contributed by atoms with Gasteiger partial charge >= 0.3 is 5.97 Å². The summed E-state index contributed by atoms with van der Waals surface area (Å²) in [5.74, 6) is 2.34. The molecular formula is C27H35NO4. The van der Waals surface area contributed by atoms with Gasteiger partial charge in [-0.1, -0.05) is 48.9 Å². The van der Waals surface area contributed by atoms with E-state index in [4.69, 9.17) is 9.47 Å². The molecule has 0 aromatic heterocycles. The molecule has 3 fully saturated rings. The van der Waals surface area contributed by atoms with Crippen LogP contribution in [0.3, 0.4) is 0 Å². The molecule has 5 nitrogen and oxygen atoms in total. The molecule has 0 spiro atoms. The number of nitroso groups, excluding NO2 is 1. The van der Waals surface area contributed by atoms with Crippen LogP contribution in [0.2, 0.25) is 0 Å². The molecule has 4 aliphatic carbocycles. The molecule has 0 aliphatic heterocycles. The highest BCUT2D eigenvalue weighted by Gasteiger charge is 2.59. The van der Waals surface area contributed by atoms with E-state index in [-0.39, 0.29) is 35.6 Å². The van der Waals surface area contributed by atoms with Crippen molar-refractivity contribution < 1.29 is 14.3 Å². The van der Waals surface area contributed by atoms with Gasteiger partial charge in [0.25, 0.3) is 0 Å². The molecule has 1 aromatic rings. The third-order valence-electron chi connectivity index (χ3n) is 9.53. The summed E-state index contributed by atoms with van der Waals surface area (Å²) < 4.78 is 11.4. The smallest absolute Gasteiger partial charge is 0.344 e. The van der Waals surface area contributed by atoms with Crippen molar-refractivity contribution in [3.05, 3.63) is 46.9 Å². The summed E-state index contributed by atoms with van der Waals surface area (Å²) in [7, 11) is 0. The van der Waals surface area contributed by atoms with Crippen molar-refractivity contribution in [2.75, 3.05) is 6.61 Å². The molecule has 0 radical (unpaired) electrons. The van der Waals surface area contributed by atoms with Crippen LogP contribution in [0.25, 0.3) is 0 Å². The predicted octanol–water partition coefficient (Wildman–Crippen LogP) is 6.08. The average molecular weight is 438 g/mol. The predicted molar refractivity (Wildman–Crippen MR) is 123 cm³/mol. The minimum atomic E-state index is -0.288. The molecular weight excluding hydrogens is 402 g/mol. The van der Waals surface area contributed by atoms with E-state index in [1.54, 1.807) is 0 Å². The topological polar surface area (TPSA) is 65.0 Å². The third-order valence-corrected chi connectivity index (χ3v) is 9.53. The molecule has 5 heteroatoms. The Morgan fingerprint density at radius 3 is 2.66 bits per heavy atom. The lowest BCUT2D eigenvalue weighted by Gasteiger charge is -2.57. The quantitative estimate of drug-likeness (QED) is 0.318. The second-order valence-electron chi connectivity index (χ2n) is 11.0. The fraction of sp³-hybridized carbons (Fsp3) is 0.667. The number of para-hydroxylation sites is 1. The SMILES string of the molecule is C[C@]12CCC(OC(=O)COc3ccccc3)CC1=CC[C@@H]1[C@H]2CC[C@]2(C)C(N=O)CC[C@@H]12. The Kier molecular flexibility index (Phi) is 5.63. The van der Waals surface area contributed by atoms with Crippen LogP contribution in [-0.2, 0) is 9.53 Å². The largest absolute Gasteiger partial charge is 0.482 e. The van der Waals surface area contributed by atoms with Gasteiger partial charge in [0.1, 0.15) is 11.9 Å². The number of hydrogen-bond acceptors (Lipinski definition) is 5. The Labute approximate surface area is 190 Å². The molecule has 0 amide bonds. The van der Waals surface area contributed by atoms with E-state index in [0.29, 0.717) is 23.5 Å². The van der Waals surface area contributed by atoms with Gasteiger partial charge in [0.2, 0.25) is 0 Å². The van der Waals surface area contributed by atoms with Crippen LogP contribution >= 0.6 is 0 Å². The Morgan fingerprint density at radius 2 is 1.88 bits per heavy atom.